The first-order valence-electron chi connectivity index (χ1n) is 8.82. The van der Waals surface area contributed by atoms with Crippen LogP contribution in [0.15, 0.2) is 28.8 Å². The van der Waals surface area contributed by atoms with Crippen LogP contribution in [0.4, 0.5) is 5.88 Å². The van der Waals surface area contributed by atoms with E-state index in [1.54, 1.807) is 24.3 Å². The monoisotopic (exact) mass is 382 g/mol. The molecule has 2 heterocycles. The number of fused-ring (bicyclic) bond motifs is 1. The third-order valence-corrected chi connectivity index (χ3v) is 4.19. The Morgan fingerprint density at radius 3 is 2.39 bits per heavy atom. The van der Waals surface area contributed by atoms with Crippen LogP contribution < -0.4 is 5.32 Å². The van der Waals surface area contributed by atoms with E-state index < -0.39 is 18.5 Å². The number of nitrogens with one attached hydrogen (secondary N) is 1. The zero-order valence-electron chi connectivity index (χ0n) is 16.5. The summed E-state index contributed by atoms with van der Waals surface area (Å²) < 4.78 is 10.2. The number of amides is 1. The van der Waals surface area contributed by atoms with Crippen molar-refractivity contribution in [1.82, 2.24) is 15.1 Å². The van der Waals surface area contributed by atoms with Crippen LogP contribution in [0.5, 0.6) is 0 Å². The van der Waals surface area contributed by atoms with Crippen LogP contribution in [-0.4, -0.2) is 33.6 Å². The third kappa shape index (κ3) is 4.33. The van der Waals surface area contributed by atoms with Crippen LogP contribution in [0.1, 0.15) is 48.2 Å². The van der Waals surface area contributed by atoms with E-state index in [0.717, 1.165) is 11.4 Å². The first kappa shape index (κ1) is 19.5. The summed E-state index contributed by atoms with van der Waals surface area (Å²) in [4.78, 5) is 33.1. The van der Waals surface area contributed by atoms with Gasteiger partial charge in [-0.25, -0.2) is 14.8 Å². The smallest absolute Gasteiger partial charge is 0.338 e. The molecule has 0 fully saturated rings. The fraction of sp³-hybridized carbons (Fsp3) is 0.350. The van der Waals surface area contributed by atoms with Gasteiger partial charge in [-0.15, -0.1) is 0 Å². The van der Waals surface area contributed by atoms with E-state index in [2.05, 4.69) is 20.4 Å². The summed E-state index contributed by atoms with van der Waals surface area (Å²) in [7, 11) is 0. The molecule has 1 N–H and O–H groups in total. The summed E-state index contributed by atoms with van der Waals surface area (Å²) in [5.41, 5.74) is 3.72. The fourth-order valence-corrected chi connectivity index (χ4v) is 2.43. The SMILES string of the molecule is Cc1nc2ccc(C(=O)OCC(=O)Nc3cc(C(C)(C)C)no3)cc2nc1C. The molecule has 2 aromatic heterocycles. The molecule has 28 heavy (non-hydrogen) atoms. The van der Waals surface area contributed by atoms with E-state index in [-0.39, 0.29) is 11.3 Å². The van der Waals surface area contributed by atoms with Crippen LogP contribution in [0, 0.1) is 13.8 Å². The minimum Gasteiger partial charge on any atom is -0.452 e. The molecule has 0 bridgehead atoms. The Hall–Kier alpha value is -3.29. The Bertz CT molecular complexity index is 1050. The van der Waals surface area contributed by atoms with Gasteiger partial charge in [0.05, 0.1) is 33.7 Å². The van der Waals surface area contributed by atoms with Crippen molar-refractivity contribution >= 4 is 28.8 Å². The zero-order chi connectivity index (χ0) is 20.5. The molecule has 8 nitrogen and oxygen atoms in total. The maximum atomic E-state index is 12.2. The van der Waals surface area contributed by atoms with Crippen LogP contribution in [0.2, 0.25) is 0 Å². The van der Waals surface area contributed by atoms with Crippen molar-refractivity contribution in [3.8, 4) is 0 Å². The number of anilines is 1. The second-order valence-corrected chi connectivity index (χ2v) is 7.55. The third-order valence-electron chi connectivity index (χ3n) is 4.19. The van der Waals surface area contributed by atoms with Gasteiger partial charge in [0.25, 0.3) is 5.91 Å². The Morgan fingerprint density at radius 2 is 1.75 bits per heavy atom. The molecule has 0 aliphatic carbocycles. The molecule has 0 spiro atoms. The van der Waals surface area contributed by atoms with Crippen molar-refractivity contribution in [2.75, 3.05) is 11.9 Å². The molecule has 0 saturated carbocycles. The summed E-state index contributed by atoms with van der Waals surface area (Å²) in [5, 5.41) is 6.43. The quantitative estimate of drug-likeness (QED) is 0.690. The molecule has 0 saturated heterocycles. The Morgan fingerprint density at radius 1 is 1.07 bits per heavy atom. The average molecular weight is 382 g/mol. The molecule has 0 aliphatic rings. The molecular weight excluding hydrogens is 360 g/mol. The van der Waals surface area contributed by atoms with Gasteiger partial charge in [0, 0.05) is 11.5 Å². The number of rotatable bonds is 4. The van der Waals surface area contributed by atoms with E-state index in [1.807, 2.05) is 34.6 Å². The minimum absolute atomic E-state index is 0.200. The molecule has 0 radical (unpaired) electrons. The lowest BCUT2D eigenvalue weighted by Gasteiger charge is -2.12. The highest BCUT2D eigenvalue weighted by Crippen LogP contribution is 2.23. The van der Waals surface area contributed by atoms with Crippen molar-refractivity contribution in [1.29, 1.82) is 0 Å². The fourth-order valence-electron chi connectivity index (χ4n) is 2.43. The molecule has 0 atom stereocenters. The summed E-state index contributed by atoms with van der Waals surface area (Å²) in [6.07, 6.45) is 0. The summed E-state index contributed by atoms with van der Waals surface area (Å²) in [5.74, 6) is -0.931. The number of esters is 1. The lowest BCUT2D eigenvalue weighted by atomic mass is 9.92. The lowest BCUT2D eigenvalue weighted by Crippen LogP contribution is -2.20. The van der Waals surface area contributed by atoms with E-state index in [9.17, 15) is 9.59 Å². The Balaban J connectivity index is 1.62. The number of carbonyl (C=O) groups is 2. The predicted octanol–water partition coefficient (Wildman–Crippen LogP) is 3.33. The molecule has 8 heteroatoms. The van der Waals surface area contributed by atoms with Gasteiger partial charge >= 0.3 is 5.97 Å². The highest BCUT2D eigenvalue weighted by atomic mass is 16.5. The number of hydrogen-bond donors (Lipinski definition) is 1. The maximum Gasteiger partial charge on any atom is 0.338 e. The van der Waals surface area contributed by atoms with Gasteiger partial charge in [0.15, 0.2) is 6.61 Å². The van der Waals surface area contributed by atoms with Crippen molar-refractivity contribution < 1.29 is 18.8 Å². The molecule has 1 aromatic carbocycles. The van der Waals surface area contributed by atoms with Crippen molar-refractivity contribution in [2.45, 2.75) is 40.0 Å². The van der Waals surface area contributed by atoms with Gasteiger partial charge in [-0.1, -0.05) is 25.9 Å². The average Bonchev–Trinajstić information content (AvgIpc) is 3.09. The van der Waals surface area contributed by atoms with Gasteiger partial charge < -0.3 is 9.26 Å². The van der Waals surface area contributed by atoms with Gasteiger partial charge in [0.1, 0.15) is 0 Å². The highest BCUT2D eigenvalue weighted by Gasteiger charge is 2.20. The number of aromatic nitrogens is 3. The van der Waals surface area contributed by atoms with Crippen LogP contribution in [0.25, 0.3) is 11.0 Å². The second-order valence-electron chi connectivity index (χ2n) is 7.55. The van der Waals surface area contributed by atoms with Crippen molar-refractivity contribution in [3.05, 3.63) is 46.9 Å². The molecule has 1 amide bonds. The largest absolute Gasteiger partial charge is 0.452 e. The zero-order valence-corrected chi connectivity index (χ0v) is 16.5. The molecule has 0 aliphatic heterocycles. The van der Waals surface area contributed by atoms with Gasteiger partial charge in [-0.3, -0.25) is 10.1 Å². The first-order valence-corrected chi connectivity index (χ1v) is 8.82. The number of aryl methyl sites for hydroxylation is 2. The van der Waals surface area contributed by atoms with Gasteiger partial charge in [-0.2, -0.15) is 0 Å². The number of nitrogens with zero attached hydrogens (tertiary/aromatic N) is 3. The summed E-state index contributed by atoms with van der Waals surface area (Å²) in [6.45, 7) is 9.23. The normalized spacial score (nSPS) is 11.5. The molecular formula is C20H22N4O4. The van der Waals surface area contributed by atoms with Crippen molar-refractivity contribution in [2.24, 2.45) is 0 Å². The van der Waals surface area contributed by atoms with E-state index in [1.165, 1.54) is 0 Å². The van der Waals surface area contributed by atoms with E-state index >= 15 is 0 Å². The van der Waals surface area contributed by atoms with E-state index in [0.29, 0.717) is 22.3 Å². The Kier molecular flexibility index (Phi) is 5.13. The topological polar surface area (TPSA) is 107 Å². The first-order chi connectivity index (χ1) is 13.1. The summed E-state index contributed by atoms with van der Waals surface area (Å²) >= 11 is 0. The number of benzene rings is 1. The maximum absolute atomic E-state index is 12.2. The number of carbonyl (C=O) groups excluding carboxylic acids is 2. The van der Waals surface area contributed by atoms with Crippen molar-refractivity contribution in [3.63, 3.8) is 0 Å². The molecule has 146 valence electrons. The van der Waals surface area contributed by atoms with Crippen LogP contribution >= 0.6 is 0 Å². The van der Waals surface area contributed by atoms with Gasteiger partial charge in [0.2, 0.25) is 5.88 Å². The van der Waals surface area contributed by atoms with Crippen LogP contribution in [-0.2, 0) is 14.9 Å². The Labute approximate surface area is 162 Å². The second kappa shape index (κ2) is 7.38. The summed E-state index contributed by atoms with van der Waals surface area (Å²) in [6, 6.07) is 6.54. The number of hydrogen-bond acceptors (Lipinski definition) is 7. The van der Waals surface area contributed by atoms with E-state index in [4.69, 9.17) is 9.26 Å². The minimum atomic E-state index is -0.620. The van der Waals surface area contributed by atoms with Crippen LogP contribution in [0.3, 0.4) is 0 Å². The standard InChI is InChI=1S/C20H22N4O4/c1-11-12(2)22-15-8-13(6-7-14(15)21-11)19(26)27-10-17(25)23-18-9-16(24-28-18)20(3,4)5/h6-9H,10H2,1-5H3,(H,23,25). The molecule has 3 aromatic rings. The lowest BCUT2D eigenvalue weighted by molar-refractivity contribution is -0.119. The number of ether oxygens (including phenoxy) is 1. The highest BCUT2D eigenvalue weighted by molar-refractivity contribution is 5.96. The molecule has 3 rings (SSSR count). The predicted molar refractivity (Wildman–Crippen MR) is 103 cm³/mol. The molecule has 0 unspecified atom stereocenters. The van der Waals surface area contributed by atoms with Gasteiger partial charge in [-0.05, 0) is 32.0 Å².